The summed E-state index contributed by atoms with van der Waals surface area (Å²) in [4.78, 5) is 26.2. The Kier molecular flexibility index (Phi) is 4.39. The lowest BCUT2D eigenvalue weighted by atomic mass is 10.1. The first-order valence-corrected chi connectivity index (χ1v) is 8.86. The normalized spacial score (nSPS) is 18.1. The maximum Gasteiger partial charge on any atom is 0.227 e. The number of hydrogen-bond donors (Lipinski definition) is 1. The fourth-order valence-electron chi connectivity index (χ4n) is 3.40. The molecule has 0 radical (unpaired) electrons. The van der Waals surface area contributed by atoms with Crippen molar-refractivity contribution in [3.05, 3.63) is 66.2 Å². The third-order valence-electron chi connectivity index (χ3n) is 4.87. The van der Waals surface area contributed by atoms with Crippen LogP contribution in [0.2, 0.25) is 0 Å². The third-order valence-corrected chi connectivity index (χ3v) is 4.87. The molecule has 1 saturated heterocycles. The van der Waals surface area contributed by atoms with Gasteiger partial charge < -0.3 is 14.6 Å². The molecule has 2 aromatic carbocycles. The highest BCUT2D eigenvalue weighted by Gasteiger charge is 2.36. The van der Waals surface area contributed by atoms with Gasteiger partial charge in [-0.05, 0) is 31.2 Å². The van der Waals surface area contributed by atoms with Crippen molar-refractivity contribution in [1.82, 2.24) is 5.32 Å². The molecule has 1 aromatic heterocycles. The number of nitrogens with zero attached hydrogens (tertiary/aromatic N) is 1. The van der Waals surface area contributed by atoms with Crippen LogP contribution in [0.5, 0.6) is 0 Å². The average Bonchev–Trinajstić information content (AvgIpc) is 3.26. The Balaban J connectivity index is 1.45. The van der Waals surface area contributed by atoms with Crippen LogP contribution in [0, 0.1) is 11.7 Å². The smallest absolute Gasteiger partial charge is 0.227 e. The molecule has 2 heterocycles. The number of halogens is 1. The van der Waals surface area contributed by atoms with E-state index in [0.717, 1.165) is 11.0 Å². The zero-order chi connectivity index (χ0) is 19.0. The summed E-state index contributed by atoms with van der Waals surface area (Å²) in [5.41, 5.74) is 0.971. The topological polar surface area (TPSA) is 62.6 Å². The van der Waals surface area contributed by atoms with E-state index in [2.05, 4.69) is 5.32 Å². The molecular weight excluding hydrogens is 347 g/mol. The number of amides is 2. The van der Waals surface area contributed by atoms with E-state index in [1.807, 2.05) is 37.3 Å². The van der Waals surface area contributed by atoms with Gasteiger partial charge in [0.15, 0.2) is 0 Å². The van der Waals surface area contributed by atoms with Crippen LogP contribution in [0.4, 0.5) is 10.1 Å². The van der Waals surface area contributed by atoms with Crippen LogP contribution in [0.15, 0.2) is 59.0 Å². The molecule has 1 N–H and O–H groups in total. The Labute approximate surface area is 155 Å². The van der Waals surface area contributed by atoms with E-state index < -0.39 is 11.7 Å². The summed E-state index contributed by atoms with van der Waals surface area (Å²) in [6, 6.07) is 15.3. The third kappa shape index (κ3) is 3.30. The van der Waals surface area contributed by atoms with Crippen LogP contribution in [0.1, 0.15) is 25.1 Å². The van der Waals surface area contributed by atoms with Crippen molar-refractivity contribution >= 4 is 28.5 Å². The fraction of sp³-hybridized carbons (Fsp3) is 0.238. The summed E-state index contributed by atoms with van der Waals surface area (Å²) in [6.07, 6.45) is 0.0625. The van der Waals surface area contributed by atoms with Gasteiger partial charge in [-0.1, -0.05) is 30.3 Å². The number of nitrogens with one attached hydrogen (secondary N) is 1. The quantitative estimate of drug-likeness (QED) is 0.764. The van der Waals surface area contributed by atoms with Crippen LogP contribution < -0.4 is 10.2 Å². The number of furan rings is 1. The average molecular weight is 366 g/mol. The maximum atomic E-state index is 14.0. The van der Waals surface area contributed by atoms with E-state index in [4.69, 9.17) is 4.42 Å². The van der Waals surface area contributed by atoms with Crippen molar-refractivity contribution < 1.29 is 18.4 Å². The minimum absolute atomic E-state index is 0.0625. The summed E-state index contributed by atoms with van der Waals surface area (Å²) >= 11 is 0. The van der Waals surface area contributed by atoms with Gasteiger partial charge in [0.05, 0.1) is 17.6 Å². The largest absolute Gasteiger partial charge is 0.459 e. The van der Waals surface area contributed by atoms with E-state index in [9.17, 15) is 14.0 Å². The van der Waals surface area contributed by atoms with Crippen LogP contribution in [0.3, 0.4) is 0 Å². The monoisotopic (exact) mass is 366 g/mol. The molecule has 0 spiro atoms. The van der Waals surface area contributed by atoms with E-state index in [-0.39, 0.29) is 36.5 Å². The van der Waals surface area contributed by atoms with Crippen LogP contribution in [0.25, 0.3) is 11.0 Å². The first kappa shape index (κ1) is 17.3. The molecule has 0 aliphatic carbocycles. The van der Waals surface area contributed by atoms with Gasteiger partial charge in [-0.25, -0.2) is 4.39 Å². The molecule has 1 fully saturated rings. The number of fused-ring (bicyclic) bond motifs is 1. The maximum absolute atomic E-state index is 14.0. The number of rotatable bonds is 4. The number of para-hydroxylation sites is 2. The molecule has 1 aliphatic rings. The molecule has 27 heavy (non-hydrogen) atoms. The van der Waals surface area contributed by atoms with E-state index in [1.54, 1.807) is 18.2 Å². The van der Waals surface area contributed by atoms with Crippen molar-refractivity contribution in [3.8, 4) is 0 Å². The van der Waals surface area contributed by atoms with Gasteiger partial charge in [0.25, 0.3) is 0 Å². The zero-order valence-corrected chi connectivity index (χ0v) is 14.8. The number of carbonyl (C=O) groups excluding carboxylic acids is 2. The van der Waals surface area contributed by atoms with E-state index in [1.165, 1.54) is 11.0 Å². The molecule has 0 bridgehead atoms. The molecule has 6 heteroatoms. The molecule has 3 aromatic rings. The number of benzene rings is 2. The molecule has 0 saturated carbocycles. The molecular formula is C21H19FN2O3. The minimum atomic E-state index is -0.524. The highest BCUT2D eigenvalue weighted by atomic mass is 19.1. The Morgan fingerprint density at radius 3 is 2.74 bits per heavy atom. The number of anilines is 1. The molecule has 5 nitrogen and oxygen atoms in total. The Morgan fingerprint density at radius 1 is 1.22 bits per heavy atom. The lowest BCUT2D eigenvalue weighted by Gasteiger charge is -2.18. The summed E-state index contributed by atoms with van der Waals surface area (Å²) < 4.78 is 19.7. The van der Waals surface area contributed by atoms with Crippen molar-refractivity contribution in [1.29, 1.82) is 0 Å². The van der Waals surface area contributed by atoms with Crippen molar-refractivity contribution in [3.63, 3.8) is 0 Å². The van der Waals surface area contributed by atoms with Gasteiger partial charge in [0.2, 0.25) is 11.8 Å². The molecule has 2 amide bonds. The second kappa shape index (κ2) is 6.87. The highest BCUT2D eigenvalue weighted by Crippen LogP contribution is 2.28. The predicted octanol–water partition coefficient (Wildman–Crippen LogP) is 3.80. The van der Waals surface area contributed by atoms with Gasteiger partial charge in [0, 0.05) is 18.4 Å². The first-order chi connectivity index (χ1) is 13.0. The van der Waals surface area contributed by atoms with Crippen molar-refractivity contribution in [2.24, 2.45) is 5.92 Å². The molecule has 138 valence electrons. The Bertz CT molecular complexity index is 980. The minimum Gasteiger partial charge on any atom is -0.459 e. The van der Waals surface area contributed by atoms with Gasteiger partial charge in [0.1, 0.15) is 17.2 Å². The fourth-order valence-corrected chi connectivity index (χ4v) is 3.40. The lowest BCUT2D eigenvalue weighted by molar-refractivity contribution is -0.127. The van der Waals surface area contributed by atoms with E-state index in [0.29, 0.717) is 5.76 Å². The van der Waals surface area contributed by atoms with Gasteiger partial charge in [-0.2, -0.15) is 0 Å². The van der Waals surface area contributed by atoms with Crippen LogP contribution in [-0.2, 0) is 9.59 Å². The number of carbonyl (C=O) groups is 2. The van der Waals surface area contributed by atoms with Crippen molar-refractivity contribution in [2.45, 2.75) is 19.4 Å². The van der Waals surface area contributed by atoms with Crippen LogP contribution in [-0.4, -0.2) is 18.4 Å². The van der Waals surface area contributed by atoms with Crippen molar-refractivity contribution in [2.75, 3.05) is 11.4 Å². The first-order valence-electron chi connectivity index (χ1n) is 8.86. The summed E-state index contributed by atoms with van der Waals surface area (Å²) in [7, 11) is 0. The standard InChI is InChI=1S/C21H19FN2O3/c1-13(19-10-14-6-2-5-9-18(14)27-19)23-21(26)15-11-20(25)24(12-15)17-8-4-3-7-16(17)22/h2-10,13,15H,11-12H2,1H3,(H,23,26). The molecule has 1 aliphatic heterocycles. The van der Waals surface area contributed by atoms with E-state index >= 15 is 0 Å². The van der Waals surface area contributed by atoms with Gasteiger partial charge >= 0.3 is 0 Å². The zero-order valence-electron chi connectivity index (χ0n) is 14.8. The lowest BCUT2D eigenvalue weighted by Crippen LogP contribution is -2.34. The highest BCUT2D eigenvalue weighted by molar-refractivity contribution is 6.00. The number of hydrogen-bond acceptors (Lipinski definition) is 3. The SMILES string of the molecule is CC(NC(=O)C1CC(=O)N(c2ccccc2F)C1)c1cc2ccccc2o1. The summed E-state index contributed by atoms with van der Waals surface area (Å²) in [6.45, 7) is 2.00. The van der Waals surface area contributed by atoms with Gasteiger partial charge in [-0.3, -0.25) is 9.59 Å². The van der Waals surface area contributed by atoms with Crippen LogP contribution >= 0.6 is 0 Å². The van der Waals surface area contributed by atoms with Gasteiger partial charge in [-0.15, -0.1) is 0 Å². The summed E-state index contributed by atoms with van der Waals surface area (Å²) in [5, 5.41) is 3.87. The molecule has 2 unspecified atom stereocenters. The second-order valence-electron chi connectivity index (χ2n) is 6.77. The molecule has 2 atom stereocenters. The Morgan fingerprint density at radius 2 is 1.96 bits per heavy atom. The second-order valence-corrected chi connectivity index (χ2v) is 6.77. The predicted molar refractivity (Wildman–Crippen MR) is 99.6 cm³/mol. The summed E-state index contributed by atoms with van der Waals surface area (Å²) in [5.74, 6) is -0.835. The Hall–Kier alpha value is -3.15. The molecule has 4 rings (SSSR count).